The van der Waals surface area contributed by atoms with Crippen molar-refractivity contribution in [3.63, 3.8) is 0 Å². The Kier molecular flexibility index (Phi) is 92.1. The Labute approximate surface area is 857 Å². The van der Waals surface area contributed by atoms with Crippen LogP contribution in [0.2, 0.25) is 0 Å². The average Bonchev–Trinajstić information content (AvgIpc) is 0.876. The standard InChI is InChI=1S/4C20H27N3O3.2C4H10O.4ClHO4.4Cu/c4*1-26-19-9-6-7-17(20(19)25)15-21-10-4-5-12-23(13-14-24)16-18-8-2-3-11-22-18;2*1-3-5-4-2;4*2-1(3,4)5;;;;/h4*2-3,6-9,11,15,24-25H,4-5,10,12-14,16H2,1H3;2*3-4H2,1-2H3;4*(H,2,3,4,5);;;;/q;;;;;;;;;;4*+2/p-8. The molecule has 0 bridgehead atoms. The van der Waals surface area contributed by atoms with Gasteiger partial charge < -0.3 is 69.3 Å². The van der Waals surface area contributed by atoms with Crippen LogP contribution in [0.1, 0.15) is 124 Å². The van der Waals surface area contributed by atoms with Gasteiger partial charge in [0.15, 0.2) is 0 Å². The Hall–Kier alpha value is -7.24. The predicted octanol–water partition coefficient (Wildman–Crippen LogP) is -9.52. The van der Waals surface area contributed by atoms with Crippen molar-refractivity contribution in [1.82, 2.24) is 39.5 Å². The molecule has 0 aliphatic heterocycles. The zero-order valence-electron chi connectivity index (χ0n) is 77.6. The maximum Gasteiger partial charge on any atom is 2.00 e. The molecule has 4 radical (unpaired) electrons. The van der Waals surface area contributed by atoms with Gasteiger partial charge in [0.25, 0.3) is 0 Å². The first-order valence-corrected chi connectivity index (χ1v) is 46.6. The van der Waals surface area contributed by atoms with Crippen LogP contribution in [0, 0.1) is 41.0 Å². The fraction of sp³-hybridized carbons (Fsp3) is 0.455. The molecule has 0 fully saturated rings. The minimum Gasteiger partial charge on any atom is -0.870 e. The molecule has 0 unspecified atom stereocenters. The molecule has 788 valence electrons. The van der Waals surface area contributed by atoms with Crippen LogP contribution in [0.25, 0.3) is 0 Å². The van der Waals surface area contributed by atoms with Gasteiger partial charge in [-0.05, 0) is 200 Å². The van der Waals surface area contributed by atoms with Gasteiger partial charge in [0.05, 0.1) is 77.6 Å². The number of aliphatic imine (C=N–C) groups is 4. The van der Waals surface area contributed by atoms with Crippen molar-refractivity contribution < 1.29 is 253 Å². The summed E-state index contributed by atoms with van der Waals surface area (Å²) in [6.07, 6.45) is 21.1. The van der Waals surface area contributed by atoms with Crippen molar-refractivity contribution in [3.8, 4) is 46.0 Å². The molecule has 138 heavy (non-hydrogen) atoms. The number of unbranched alkanes of at least 4 members (excludes halogenated alkanes) is 4. The Bertz CT molecular complexity index is 3730. The number of hydrogen-bond acceptors (Lipinski definition) is 42. The van der Waals surface area contributed by atoms with Crippen LogP contribution in [0.15, 0.2) is 190 Å². The summed E-state index contributed by atoms with van der Waals surface area (Å²) >= 11 is 0. The third-order valence-electron chi connectivity index (χ3n) is 16.8. The first-order valence-electron chi connectivity index (χ1n) is 41.7. The van der Waals surface area contributed by atoms with Gasteiger partial charge in [0, 0.05) is 155 Å². The molecule has 50 heteroatoms. The summed E-state index contributed by atoms with van der Waals surface area (Å²) in [6.45, 7) is 23.4. The summed E-state index contributed by atoms with van der Waals surface area (Å²) in [5.74, 6) is 0.801. The quantitative estimate of drug-likeness (QED) is 0.0156. The molecule has 0 atom stereocenters. The molecular formula is C88H124Cl4Cu4N12O30. The first-order chi connectivity index (χ1) is 63.8. The number of aliphatic hydroxyl groups excluding tert-OH is 4. The SMILES string of the molecule is CCOCC.CCOCC.COc1cccc(C=NCCCCN(CCO)Cc2ccccn2)c1[O-].COc1cccc(C=NCCCCN(CCO)Cc2ccccn2)c1[O-].COc1cccc(C=NCCCCN(CCO)Cc2ccccn2)c1[O-].COc1cccc(C=NCCCCN(CCO)Cc2ccccn2)c1[O-].[Cu+2].[Cu+2].[Cu+2].[Cu+2].[O-][Cl+3]([O-])([O-])[O-].[O-][Cl+3]([O-])([O-])[O-].[O-][Cl+3]([O-])([O-])[O-].[O-][Cl+3]([O-])([O-])[O-]. The Morgan fingerprint density at radius 3 is 0.594 bits per heavy atom. The molecule has 0 aliphatic rings. The number of nitrogens with zero attached hydrogens (tertiary/aromatic N) is 12. The van der Waals surface area contributed by atoms with E-state index in [-0.39, 0.29) is 118 Å². The van der Waals surface area contributed by atoms with Gasteiger partial charge in [0.1, 0.15) is 23.0 Å². The van der Waals surface area contributed by atoms with Crippen molar-refractivity contribution in [2.75, 3.05) is 160 Å². The van der Waals surface area contributed by atoms with Crippen molar-refractivity contribution in [2.24, 2.45) is 20.0 Å². The molecule has 0 aliphatic carbocycles. The Morgan fingerprint density at radius 1 is 0.275 bits per heavy atom. The van der Waals surface area contributed by atoms with E-state index in [2.05, 4.69) is 59.5 Å². The van der Waals surface area contributed by atoms with Gasteiger partial charge in [0.2, 0.25) is 0 Å². The van der Waals surface area contributed by atoms with Gasteiger partial charge in [-0.3, -0.25) is 59.5 Å². The van der Waals surface area contributed by atoms with Crippen LogP contribution in [-0.2, 0) is 104 Å². The van der Waals surface area contributed by atoms with Crippen LogP contribution in [0.5, 0.6) is 46.0 Å². The van der Waals surface area contributed by atoms with E-state index in [9.17, 15) is 40.9 Å². The Balaban J connectivity index is -0.000000378. The van der Waals surface area contributed by atoms with Gasteiger partial charge in [-0.2, -0.15) is 0 Å². The van der Waals surface area contributed by atoms with Crippen LogP contribution >= 0.6 is 0 Å². The predicted molar refractivity (Wildman–Crippen MR) is 447 cm³/mol. The van der Waals surface area contributed by atoms with Gasteiger partial charge in [-0.1, -0.05) is 95.8 Å². The van der Waals surface area contributed by atoms with E-state index in [4.69, 9.17) is 103 Å². The van der Waals surface area contributed by atoms with Crippen molar-refractivity contribution in [1.29, 1.82) is 0 Å². The maximum atomic E-state index is 12.0. The fourth-order valence-corrected chi connectivity index (χ4v) is 10.9. The number of aliphatic hydroxyl groups is 4. The number of methoxy groups -OCH3 is 4. The summed E-state index contributed by atoms with van der Waals surface area (Å²) in [5, 5.41) is 84.9. The zero-order valence-corrected chi connectivity index (χ0v) is 84.4. The van der Waals surface area contributed by atoms with Gasteiger partial charge in [-0.25, -0.2) is 74.5 Å². The summed E-state index contributed by atoms with van der Waals surface area (Å²) in [4.78, 5) is 43.4. The molecule has 4 N–H and O–H groups in total. The Morgan fingerprint density at radius 2 is 0.457 bits per heavy atom. The topological polar surface area (TPSA) is 711 Å². The molecule has 0 saturated heterocycles. The van der Waals surface area contributed by atoms with E-state index < -0.39 is 41.0 Å². The van der Waals surface area contributed by atoms with Crippen molar-refractivity contribution >= 4 is 24.9 Å². The van der Waals surface area contributed by atoms with Crippen LogP contribution in [0.4, 0.5) is 0 Å². The number of benzene rings is 4. The second-order valence-electron chi connectivity index (χ2n) is 26.8. The van der Waals surface area contributed by atoms with Crippen LogP contribution in [-0.4, -0.2) is 245 Å². The summed E-state index contributed by atoms with van der Waals surface area (Å²) in [5.41, 5.74) is 6.17. The van der Waals surface area contributed by atoms with Crippen molar-refractivity contribution in [2.45, 2.75) is 105 Å². The molecule has 4 aromatic carbocycles. The number of rotatable bonds is 48. The second-order valence-corrected chi connectivity index (χ2v) is 29.9. The van der Waals surface area contributed by atoms with Gasteiger partial charge in [-0.15, -0.1) is 41.0 Å². The molecular weight excluding hydrogens is 2100 g/mol. The van der Waals surface area contributed by atoms with E-state index in [1.807, 2.05) is 100 Å². The second kappa shape index (κ2) is 89.8. The maximum absolute atomic E-state index is 12.0. The van der Waals surface area contributed by atoms with Crippen LogP contribution < -0.4 is 114 Å². The molecule has 4 heterocycles. The molecule has 42 nitrogen and oxygen atoms in total. The number of aromatic nitrogens is 4. The molecule has 0 saturated carbocycles. The third kappa shape index (κ3) is 85.5. The summed E-state index contributed by atoms with van der Waals surface area (Å²) in [7, 11) is -13.8. The van der Waals surface area contributed by atoms with Crippen LogP contribution in [0.3, 0.4) is 0 Å². The zero-order chi connectivity index (χ0) is 101. The smallest absolute Gasteiger partial charge is 0.870 e. The number of halogens is 4. The molecule has 8 aromatic rings. The normalized spacial score (nSPS) is 10.9. The first kappa shape index (κ1) is 141. The number of hydrogen-bond donors (Lipinski definition) is 4. The largest absolute Gasteiger partial charge is 2.00 e. The van der Waals surface area contributed by atoms with Gasteiger partial charge >= 0.3 is 68.3 Å². The van der Waals surface area contributed by atoms with E-state index in [0.717, 1.165) is 153 Å². The van der Waals surface area contributed by atoms with E-state index in [1.54, 1.807) is 122 Å². The van der Waals surface area contributed by atoms with E-state index in [1.165, 1.54) is 28.4 Å². The summed E-state index contributed by atoms with van der Waals surface area (Å²) in [6, 6.07) is 44.1. The average molecular weight is 2230 g/mol. The fourth-order valence-electron chi connectivity index (χ4n) is 10.9. The molecule has 0 amide bonds. The number of pyridine rings is 4. The number of para-hydroxylation sites is 4. The minimum atomic E-state index is -4.94. The molecule has 0 spiro atoms. The van der Waals surface area contributed by atoms with E-state index in [0.29, 0.717) is 97.6 Å². The molecule has 8 rings (SSSR count). The monoisotopic (exact) mass is 2220 g/mol. The third-order valence-corrected chi connectivity index (χ3v) is 16.8. The summed E-state index contributed by atoms with van der Waals surface area (Å²) < 4.78 is 166. The number of ether oxygens (including phenoxy) is 6. The minimum absolute atomic E-state index is 0. The van der Waals surface area contributed by atoms with Crippen molar-refractivity contribution in [3.05, 3.63) is 215 Å². The van der Waals surface area contributed by atoms with E-state index >= 15 is 0 Å². The molecule has 4 aromatic heterocycles.